The number of rotatable bonds is 4. The lowest BCUT2D eigenvalue weighted by atomic mass is 10.0. The van der Waals surface area contributed by atoms with Crippen molar-refractivity contribution in [3.63, 3.8) is 0 Å². The third kappa shape index (κ3) is 3.26. The number of nitrogens with one attached hydrogen (secondary N) is 1. The second-order valence-electron chi connectivity index (χ2n) is 5.50. The lowest BCUT2D eigenvalue weighted by Crippen LogP contribution is -2.12. The normalized spacial score (nSPS) is 10.4. The van der Waals surface area contributed by atoms with Crippen LogP contribution in [-0.2, 0) is 0 Å². The Morgan fingerprint density at radius 1 is 1.15 bits per heavy atom. The predicted octanol–water partition coefficient (Wildman–Crippen LogP) is 4.73. The third-order valence-corrected chi connectivity index (χ3v) is 6.13. The fraction of sp³-hybridized carbons (Fsp3) is 0.158. The zero-order chi connectivity index (χ0) is 18.8. The Bertz CT molecular complexity index is 1060. The Morgan fingerprint density at radius 3 is 2.46 bits per heavy atom. The van der Waals surface area contributed by atoms with Crippen molar-refractivity contribution in [2.24, 2.45) is 0 Å². The largest absolute Gasteiger partial charge is 0.493 e. The van der Waals surface area contributed by atoms with E-state index in [1.807, 2.05) is 31.2 Å². The number of hydrogen-bond donors (Lipinski definition) is 1. The van der Waals surface area contributed by atoms with Gasteiger partial charge in [-0.2, -0.15) is 5.26 Å². The molecule has 0 saturated carbocycles. The maximum Gasteiger partial charge on any atom is 0.267 e. The molecule has 3 rings (SSSR count). The highest BCUT2D eigenvalue weighted by Gasteiger charge is 2.16. The molecule has 5 nitrogen and oxygen atoms in total. The topological polar surface area (TPSA) is 75.1 Å². The summed E-state index contributed by atoms with van der Waals surface area (Å²) in [6, 6.07) is 11.1. The van der Waals surface area contributed by atoms with Crippen LogP contribution in [0.25, 0.3) is 21.7 Å². The summed E-state index contributed by atoms with van der Waals surface area (Å²) in [4.78, 5) is 17.2. The zero-order valence-corrected chi connectivity index (χ0v) is 16.7. The molecule has 0 radical (unpaired) electrons. The summed E-state index contributed by atoms with van der Waals surface area (Å²) in [5, 5.41) is 9.44. The molecule has 0 amide bonds. The van der Waals surface area contributed by atoms with Crippen LogP contribution < -0.4 is 15.0 Å². The number of aromatic nitrogens is 1. The monoisotopic (exact) mass is 430 g/mol. The predicted molar refractivity (Wildman–Crippen MR) is 106 cm³/mol. The van der Waals surface area contributed by atoms with Crippen LogP contribution >= 0.6 is 27.3 Å². The number of halogens is 1. The van der Waals surface area contributed by atoms with Crippen molar-refractivity contribution in [1.82, 2.24) is 4.98 Å². The average Bonchev–Trinajstić information content (AvgIpc) is 2.99. The van der Waals surface area contributed by atoms with Crippen molar-refractivity contribution >= 4 is 27.3 Å². The summed E-state index contributed by atoms with van der Waals surface area (Å²) < 4.78 is 11.5. The van der Waals surface area contributed by atoms with Gasteiger partial charge in [0.25, 0.3) is 5.56 Å². The van der Waals surface area contributed by atoms with Crippen molar-refractivity contribution in [1.29, 1.82) is 5.26 Å². The number of aryl methyl sites for hydroxylation is 1. The van der Waals surface area contributed by atoms with Crippen LogP contribution in [0.15, 0.2) is 39.6 Å². The van der Waals surface area contributed by atoms with E-state index in [1.165, 1.54) is 11.3 Å². The van der Waals surface area contributed by atoms with E-state index in [0.29, 0.717) is 22.8 Å². The van der Waals surface area contributed by atoms with Crippen LogP contribution in [0.4, 0.5) is 0 Å². The van der Waals surface area contributed by atoms with Crippen molar-refractivity contribution < 1.29 is 9.47 Å². The number of nitrogens with zero attached hydrogens (tertiary/aromatic N) is 1. The summed E-state index contributed by atoms with van der Waals surface area (Å²) in [6.45, 7) is 1.98. The van der Waals surface area contributed by atoms with Crippen LogP contribution in [0.3, 0.4) is 0 Å². The Hall–Kier alpha value is -2.56. The van der Waals surface area contributed by atoms with Crippen molar-refractivity contribution in [2.45, 2.75) is 6.92 Å². The van der Waals surface area contributed by atoms with Gasteiger partial charge in [0.05, 0.1) is 14.2 Å². The lowest BCUT2D eigenvalue weighted by Gasteiger charge is -2.11. The van der Waals surface area contributed by atoms with Crippen molar-refractivity contribution in [3.8, 4) is 39.3 Å². The highest BCUT2D eigenvalue weighted by Crippen LogP contribution is 2.37. The van der Waals surface area contributed by atoms with Crippen LogP contribution in [0, 0.1) is 18.3 Å². The van der Waals surface area contributed by atoms with E-state index in [4.69, 9.17) is 9.47 Å². The number of benzene rings is 1. The summed E-state index contributed by atoms with van der Waals surface area (Å²) in [5.74, 6) is 1.16. The number of nitriles is 1. The lowest BCUT2D eigenvalue weighted by molar-refractivity contribution is 0.355. The minimum absolute atomic E-state index is 0.1000. The molecule has 0 aliphatic heterocycles. The number of pyridine rings is 1. The van der Waals surface area contributed by atoms with E-state index in [-0.39, 0.29) is 5.56 Å². The van der Waals surface area contributed by atoms with E-state index in [2.05, 4.69) is 20.9 Å². The first kappa shape index (κ1) is 18.2. The zero-order valence-electron chi connectivity index (χ0n) is 14.3. The van der Waals surface area contributed by atoms with Gasteiger partial charge in [0.1, 0.15) is 11.6 Å². The Balaban J connectivity index is 2.22. The summed E-state index contributed by atoms with van der Waals surface area (Å²) >= 11 is 5.02. The molecule has 0 fully saturated rings. The molecule has 132 valence electrons. The molecule has 0 unspecified atom stereocenters. The van der Waals surface area contributed by atoms with E-state index in [0.717, 1.165) is 19.8 Å². The number of hydrogen-bond acceptors (Lipinski definition) is 5. The molecule has 1 N–H and O–H groups in total. The molecule has 0 atom stereocenters. The molecule has 0 spiro atoms. The quantitative estimate of drug-likeness (QED) is 0.648. The van der Waals surface area contributed by atoms with Gasteiger partial charge in [-0.15, -0.1) is 11.3 Å². The van der Waals surface area contributed by atoms with E-state index >= 15 is 0 Å². The van der Waals surface area contributed by atoms with Gasteiger partial charge < -0.3 is 14.5 Å². The first-order valence-corrected chi connectivity index (χ1v) is 9.25. The SMILES string of the molecule is COc1ccc(-c2cc(-c3cc(Br)c(C)s3)c(C#N)c(=O)[nH]2)cc1OC. The first-order valence-electron chi connectivity index (χ1n) is 7.64. The molecule has 2 heterocycles. The number of H-pyrrole nitrogens is 1. The molecule has 0 aliphatic carbocycles. The minimum Gasteiger partial charge on any atom is -0.493 e. The van der Waals surface area contributed by atoms with E-state index in [1.54, 1.807) is 26.4 Å². The number of ether oxygens (including phenoxy) is 2. The van der Waals surface area contributed by atoms with Gasteiger partial charge >= 0.3 is 0 Å². The highest BCUT2D eigenvalue weighted by atomic mass is 79.9. The number of thiophene rings is 1. The molecular weight excluding hydrogens is 416 g/mol. The highest BCUT2D eigenvalue weighted by molar-refractivity contribution is 9.10. The summed E-state index contributed by atoms with van der Waals surface area (Å²) in [5.41, 5.74) is 1.66. The van der Waals surface area contributed by atoms with Crippen LogP contribution in [0.2, 0.25) is 0 Å². The Morgan fingerprint density at radius 2 is 1.88 bits per heavy atom. The maximum atomic E-state index is 12.5. The van der Waals surface area contributed by atoms with Gasteiger partial charge in [-0.25, -0.2) is 0 Å². The molecule has 3 aromatic rings. The van der Waals surface area contributed by atoms with Gasteiger partial charge in [0.15, 0.2) is 11.5 Å². The summed E-state index contributed by atoms with van der Waals surface area (Å²) in [7, 11) is 3.12. The second-order valence-corrected chi connectivity index (χ2v) is 7.61. The molecule has 0 saturated heterocycles. The molecule has 0 aliphatic rings. The van der Waals surface area contributed by atoms with Crippen molar-refractivity contribution in [2.75, 3.05) is 14.2 Å². The van der Waals surface area contributed by atoms with Gasteiger partial charge in [-0.05, 0) is 53.2 Å². The van der Waals surface area contributed by atoms with E-state index < -0.39 is 5.56 Å². The maximum absolute atomic E-state index is 12.5. The average molecular weight is 431 g/mol. The molecule has 26 heavy (non-hydrogen) atoms. The molecular formula is C19H15BrN2O3S. The summed E-state index contributed by atoms with van der Waals surface area (Å²) in [6.07, 6.45) is 0. The van der Waals surface area contributed by atoms with Gasteiger partial charge in [0.2, 0.25) is 0 Å². The molecule has 2 aromatic heterocycles. The second kappa shape index (κ2) is 7.36. The Labute approximate surface area is 163 Å². The van der Waals surface area contributed by atoms with Crippen LogP contribution in [0.5, 0.6) is 11.5 Å². The van der Waals surface area contributed by atoms with Crippen LogP contribution in [-0.4, -0.2) is 19.2 Å². The molecule has 7 heteroatoms. The Kier molecular flexibility index (Phi) is 5.16. The van der Waals surface area contributed by atoms with Gasteiger partial charge in [-0.3, -0.25) is 4.79 Å². The van der Waals surface area contributed by atoms with Crippen LogP contribution in [0.1, 0.15) is 10.4 Å². The van der Waals surface area contributed by atoms with Gasteiger partial charge in [0, 0.05) is 31.0 Å². The van der Waals surface area contributed by atoms with Crippen molar-refractivity contribution in [3.05, 3.63) is 55.6 Å². The fourth-order valence-corrected chi connectivity index (χ4v) is 4.17. The molecule has 0 bridgehead atoms. The van der Waals surface area contributed by atoms with Gasteiger partial charge in [-0.1, -0.05) is 0 Å². The molecule has 1 aromatic carbocycles. The first-order chi connectivity index (χ1) is 12.5. The standard InChI is InChI=1S/C19H15BrN2O3S/c1-10-14(20)8-18(26-10)12-7-15(22-19(23)13(12)9-21)11-4-5-16(24-2)17(6-11)25-3/h4-8H,1-3H3,(H,22,23). The minimum atomic E-state index is -0.419. The number of methoxy groups -OCH3 is 2. The fourth-order valence-electron chi connectivity index (χ4n) is 2.62. The van der Waals surface area contributed by atoms with E-state index in [9.17, 15) is 10.1 Å². The third-order valence-electron chi connectivity index (χ3n) is 3.96. The smallest absolute Gasteiger partial charge is 0.267 e. The number of aromatic amines is 1.